The molecule has 0 heterocycles. The van der Waals surface area contributed by atoms with Gasteiger partial charge in [0, 0.05) is 15.1 Å². The number of rotatable bonds is 8. The van der Waals surface area contributed by atoms with Crippen LogP contribution in [0.4, 0.5) is 39.5 Å². The van der Waals surface area contributed by atoms with Gasteiger partial charge in [0.1, 0.15) is 12.3 Å². The van der Waals surface area contributed by atoms with E-state index in [9.17, 15) is 39.5 Å². The third-order valence-electron chi connectivity index (χ3n) is 13.2. The van der Waals surface area contributed by atoms with Crippen LogP contribution in [0.2, 0.25) is 15.1 Å². The Morgan fingerprint density at radius 2 is 0.466 bits per heavy atom. The molecule has 0 bridgehead atoms. The van der Waals surface area contributed by atoms with Gasteiger partial charge in [-0.05, 0) is 96.1 Å². The second kappa shape index (κ2) is 24.4. The SMILES string of the molecule is Cc1cc(C)cc([B-](c2cc(C)cc(C(F)(F)F)c2)(c2cc(C)cc(C(F)(F)F)c2)c2cc(C)cc(C(F)(F)F)c2)c1.Cc1ccc([B-](c2ccc(Cl)cc2)(c2ccc(Cl)cc2)c2ccc(Cl)cc2)cc1.[K+].[K+]. The zero-order valence-corrected chi connectivity index (χ0v) is 49.9. The van der Waals surface area contributed by atoms with E-state index in [0.29, 0.717) is 16.6 Å². The third kappa shape index (κ3) is 13.8. The summed E-state index contributed by atoms with van der Waals surface area (Å²) in [5.41, 5.74) is 4.73. The predicted molar refractivity (Wildman–Crippen MR) is 279 cm³/mol. The molecule has 8 aromatic rings. The van der Waals surface area contributed by atoms with Crippen molar-refractivity contribution in [2.24, 2.45) is 0 Å². The van der Waals surface area contributed by atoms with Crippen LogP contribution in [-0.4, -0.2) is 12.3 Å². The Hall–Kier alpha value is -2.60. The summed E-state index contributed by atoms with van der Waals surface area (Å²) in [6, 6.07) is 47.7. The van der Waals surface area contributed by atoms with Crippen molar-refractivity contribution in [2.75, 3.05) is 0 Å². The topological polar surface area (TPSA) is 0 Å². The van der Waals surface area contributed by atoms with Gasteiger partial charge in [-0.1, -0.05) is 183 Å². The average molecular weight is 1110 g/mol. The van der Waals surface area contributed by atoms with Gasteiger partial charge in [0.15, 0.2) is 0 Å². The minimum absolute atomic E-state index is 0. The Labute approximate surface area is 521 Å². The monoisotopic (exact) mass is 1110 g/mol. The van der Waals surface area contributed by atoms with Crippen molar-refractivity contribution < 1.29 is 142 Å². The van der Waals surface area contributed by atoms with E-state index in [-0.39, 0.29) is 136 Å². The van der Waals surface area contributed by atoms with Gasteiger partial charge in [-0.2, -0.15) is 83.2 Å². The van der Waals surface area contributed by atoms with Crippen molar-refractivity contribution in [1.82, 2.24) is 0 Å². The van der Waals surface area contributed by atoms with Crippen LogP contribution in [0, 0.1) is 41.5 Å². The molecule has 0 radical (unpaired) electrons. The van der Waals surface area contributed by atoms with Crippen molar-refractivity contribution in [3.63, 3.8) is 0 Å². The van der Waals surface area contributed by atoms with E-state index in [0.717, 1.165) is 51.5 Å². The molecule has 16 heteroatoms. The fraction of sp³-hybridized carbons (Fsp3) is 0.158. The standard InChI is InChI=1S/C32H27BF9.C25H19BCl3.2K/c1-18-6-19(2)11-26(10-18)33(27-12-20(3)7-23(15-27)30(34,35)36,28-13-21(4)8-24(16-28)31(37,38)39)29-14-22(5)9-25(17-29)32(40,41)42;1-18-2-4-19(5-3-18)26(20-6-12-23(27)13-7-20,21-8-14-24(28)15-9-21)22-10-16-25(29)17-11-22;;/h6-17H,1-5H3;2-17H,1H3;;/q2*-1;2*+1. The first-order valence-corrected chi connectivity index (χ1v) is 23.7. The maximum Gasteiger partial charge on any atom is 1.00 e. The van der Waals surface area contributed by atoms with E-state index < -0.39 is 47.5 Å². The Balaban J connectivity index is 0.000000280. The van der Waals surface area contributed by atoms with E-state index >= 15 is 0 Å². The third-order valence-corrected chi connectivity index (χ3v) is 14.0. The Morgan fingerprint density at radius 1 is 0.260 bits per heavy atom. The van der Waals surface area contributed by atoms with Crippen LogP contribution in [0.3, 0.4) is 0 Å². The summed E-state index contributed by atoms with van der Waals surface area (Å²) >= 11 is 18.7. The van der Waals surface area contributed by atoms with Gasteiger partial charge in [0.2, 0.25) is 0 Å². The van der Waals surface area contributed by atoms with Crippen LogP contribution in [0.5, 0.6) is 0 Å². The van der Waals surface area contributed by atoms with E-state index in [1.54, 1.807) is 32.0 Å². The summed E-state index contributed by atoms with van der Waals surface area (Å²) in [6.45, 7) is 9.76. The van der Waals surface area contributed by atoms with Gasteiger partial charge in [-0.3, -0.25) is 0 Å². The molecule has 0 unspecified atom stereocenters. The molecule has 0 nitrogen and oxygen atoms in total. The number of halogens is 12. The van der Waals surface area contributed by atoms with Gasteiger partial charge in [0.05, 0.1) is 16.7 Å². The summed E-state index contributed by atoms with van der Waals surface area (Å²) in [7, 11) is 0. The molecule has 0 amide bonds. The summed E-state index contributed by atoms with van der Waals surface area (Å²) in [5, 5.41) is 2.15. The molecule has 0 fully saturated rings. The normalized spacial score (nSPS) is 12.0. The maximum absolute atomic E-state index is 14.2. The summed E-state index contributed by atoms with van der Waals surface area (Å²) < 4.78 is 127. The van der Waals surface area contributed by atoms with Crippen LogP contribution >= 0.6 is 34.8 Å². The van der Waals surface area contributed by atoms with Crippen LogP contribution in [-0.2, 0) is 18.5 Å². The summed E-state index contributed by atoms with van der Waals surface area (Å²) in [6.07, 6.45) is -18.9. The molecule has 366 valence electrons. The van der Waals surface area contributed by atoms with Crippen LogP contribution in [0.25, 0.3) is 0 Å². The van der Waals surface area contributed by atoms with Crippen molar-refractivity contribution in [3.05, 3.63) is 235 Å². The fourth-order valence-electron chi connectivity index (χ4n) is 10.4. The summed E-state index contributed by atoms with van der Waals surface area (Å²) in [4.78, 5) is 0. The van der Waals surface area contributed by atoms with E-state index in [1.165, 1.54) is 66.4 Å². The van der Waals surface area contributed by atoms with E-state index in [4.69, 9.17) is 34.8 Å². The zero-order chi connectivity index (χ0) is 51.8. The predicted octanol–water partition coefficient (Wildman–Crippen LogP) is 7.00. The molecule has 0 spiro atoms. The van der Waals surface area contributed by atoms with Gasteiger partial charge in [0.25, 0.3) is 0 Å². The van der Waals surface area contributed by atoms with Crippen LogP contribution in [0.15, 0.2) is 170 Å². The van der Waals surface area contributed by atoms with Gasteiger partial charge >= 0.3 is 121 Å². The number of benzene rings is 8. The molecule has 0 N–H and O–H groups in total. The molecule has 8 rings (SSSR count). The molecular formula is C57H46B2Cl3F9K2. The first kappa shape index (κ1) is 61.3. The molecule has 0 aromatic heterocycles. The molecule has 0 atom stereocenters. The number of aryl methyl sites for hydroxylation is 6. The number of hydrogen-bond donors (Lipinski definition) is 0. The maximum atomic E-state index is 14.2. The first-order valence-electron chi connectivity index (χ1n) is 22.5. The minimum Gasteiger partial charge on any atom is -0.195 e. The average Bonchev–Trinajstić information content (AvgIpc) is 3.28. The zero-order valence-electron chi connectivity index (χ0n) is 41.4. The number of alkyl halides is 9. The molecule has 0 aliphatic rings. The molecule has 73 heavy (non-hydrogen) atoms. The van der Waals surface area contributed by atoms with Crippen LogP contribution < -0.4 is 146 Å². The second-order valence-corrected chi connectivity index (χ2v) is 19.9. The van der Waals surface area contributed by atoms with Gasteiger partial charge < -0.3 is 0 Å². The smallest absolute Gasteiger partial charge is 0.195 e. The first-order chi connectivity index (χ1) is 33.2. The van der Waals surface area contributed by atoms with Gasteiger partial charge in [-0.15, -0.1) is 0 Å². The Morgan fingerprint density at radius 3 is 0.712 bits per heavy atom. The largest absolute Gasteiger partial charge is 1.00 e. The fourth-order valence-corrected chi connectivity index (χ4v) is 10.7. The molecule has 0 saturated heterocycles. The second-order valence-electron chi connectivity index (χ2n) is 18.6. The molecule has 0 aliphatic heterocycles. The van der Waals surface area contributed by atoms with E-state index in [2.05, 4.69) is 67.6 Å². The van der Waals surface area contributed by atoms with Crippen molar-refractivity contribution in [3.8, 4) is 0 Å². The van der Waals surface area contributed by atoms with Crippen molar-refractivity contribution in [1.29, 1.82) is 0 Å². The van der Waals surface area contributed by atoms with Crippen molar-refractivity contribution in [2.45, 2.75) is 60.1 Å². The minimum atomic E-state index is -4.82. The summed E-state index contributed by atoms with van der Waals surface area (Å²) in [5.74, 6) is 0. The van der Waals surface area contributed by atoms with Crippen molar-refractivity contribution >= 4 is 90.8 Å². The molecule has 0 aliphatic carbocycles. The van der Waals surface area contributed by atoms with E-state index in [1.807, 2.05) is 36.4 Å². The number of hydrogen-bond acceptors (Lipinski definition) is 0. The Bertz CT molecular complexity index is 2830. The molecular weight excluding hydrogens is 1060 g/mol. The van der Waals surface area contributed by atoms with Gasteiger partial charge in [-0.25, -0.2) is 0 Å². The molecule has 8 aromatic carbocycles. The Kier molecular flexibility index (Phi) is 20.5. The quantitative estimate of drug-likeness (QED) is 0.114. The van der Waals surface area contributed by atoms with Crippen LogP contribution in [0.1, 0.15) is 50.1 Å². The molecule has 0 saturated carbocycles.